The monoisotopic (exact) mass is 229 g/mol. The van der Waals surface area contributed by atoms with Gasteiger partial charge in [-0.05, 0) is 49.7 Å². The van der Waals surface area contributed by atoms with E-state index in [1.54, 1.807) is 6.20 Å². The van der Waals surface area contributed by atoms with E-state index in [9.17, 15) is 0 Å². The van der Waals surface area contributed by atoms with Crippen molar-refractivity contribution in [2.45, 2.75) is 32.4 Å². The summed E-state index contributed by atoms with van der Waals surface area (Å²) in [5, 5.41) is 11.6. The molecule has 2 bridgehead atoms. The lowest BCUT2D eigenvalue weighted by molar-refractivity contribution is 0.325. The number of fused-ring (bicyclic) bond motifs is 2. The maximum Gasteiger partial charge on any atom is 0.0769 e. The summed E-state index contributed by atoms with van der Waals surface area (Å²) in [5.74, 6) is 2.47. The van der Waals surface area contributed by atoms with Crippen LogP contribution in [-0.2, 0) is 6.54 Å². The average Bonchev–Trinajstić information content (AvgIpc) is 2.99. The lowest BCUT2D eigenvalue weighted by Crippen LogP contribution is -2.35. The van der Waals surface area contributed by atoms with E-state index >= 15 is 0 Å². The second-order valence-corrected chi connectivity index (χ2v) is 5.33. The molecule has 1 saturated carbocycles. The first-order valence-corrected chi connectivity index (χ1v) is 6.51. The van der Waals surface area contributed by atoms with Crippen LogP contribution >= 0.6 is 0 Å². The fraction of sp³-hybridized carbons (Fsp3) is 0.571. The Labute approximate surface area is 102 Å². The molecule has 90 valence electrons. The van der Waals surface area contributed by atoms with E-state index in [4.69, 9.17) is 0 Å². The van der Waals surface area contributed by atoms with Crippen LogP contribution in [0.3, 0.4) is 0 Å². The summed E-state index contributed by atoms with van der Waals surface area (Å²) in [6, 6.07) is 4.53. The first-order valence-electron chi connectivity index (χ1n) is 6.51. The van der Waals surface area contributed by atoms with E-state index in [-0.39, 0.29) is 0 Å². The van der Waals surface area contributed by atoms with Gasteiger partial charge in [0.05, 0.1) is 5.69 Å². The normalized spacial score (nSPS) is 31.9. The first-order chi connectivity index (χ1) is 8.33. The maximum absolute atomic E-state index is 4.10. The van der Waals surface area contributed by atoms with Gasteiger partial charge >= 0.3 is 0 Å². The van der Waals surface area contributed by atoms with Gasteiger partial charge in [-0.3, -0.25) is 0 Å². The van der Waals surface area contributed by atoms with Gasteiger partial charge in [0.25, 0.3) is 0 Å². The smallest absolute Gasteiger partial charge is 0.0769 e. The number of nitrogens with zero attached hydrogens (tertiary/aromatic N) is 2. The summed E-state index contributed by atoms with van der Waals surface area (Å²) in [5.41, 5.74) is 1.03. The van der Waals surface area contributed by atoms with Gasteiger partial charge in [-0.2, -0.15) is 10.2 Å². The summed E-state index contributed by atoms with van der Waals surface area (Å²) in [6.45, 7) is 3.13. The van der Waals surface area contributed by atoms with Crippen molar-refractivity contribution < 1.29 is 0 Å². The van der Waals surface area contributed by atoms with Gasteiger partial charge in [0.2, 0.25) is 0 Å². The van der Waals surface area contributed by atoms with Crippen LogP contribution in [0.4, 0.5) is 0 Å². The second kappa shape index (κ2) is 4.57. The predicted octanol–water partition coefficient (Wildman–Crippen LogP) is 2.17. The van der Waals surface area contributed by atoms with Gasteiger partial charge in [-0.1, -0.05) is 12.2 Å². The molecular weight excluding hydrogens is 210 g/mol. The Morgan fingerprint density at radius 3 is 3.00 bits per heavy atom. The Hall–Kier alpha value is -1.22. The van der Waals surface area contributed by atoms with Crippen molar-refractivity contribution in [1.29, 1.82) is 0 Å². The highest BCUT2D eigenvalue weighted by atomic mass is 15.1. The molecule has 1 aromatic heterocycles. The van der Waals surface area contributed by atoms with Crippen LogP contribution in [0.25, 0.3) is 0 Å². The van der Waals surface area contributed by atoms with Crippen LogP contribution in [0.15, 0.2) is 30.5 Å². The van der Waals surface area contributed by atoms with Gasteiger partial charge in [0.15, 0.2) is 0 Å². The highest BCUT2D eigenvalue weighted by molar-refractivity contribution is 5.11. The van der Waals surface area contributed by atoms with Crippen LogP contribution in [0, 0.1) is 17.8 Å². The van der Waals surface area contributed by atoms with Crippen molar-refractivity contribution >= 4 is 0 Å². The molecule has 0 aromatic carbocycles. The van der Waals surface area contributed by atoms with Crippen LogP contribution in [0.1, 0.15) is 25.5 Å². The molecule has 1 heterocycles. The SMILES string of the molecule is CC(NCc1cccnn1)C1CC2C=CC1C2. The summed E-state index contributed by atoms with van der Waals surface area (Å²) in [7, 11) is 0. The fourth-order valence-electron chi connectivity index (χ4n) is 3.24. The zero-order valence-electron chi connectivity index (χ0n) is 10.2. The van der Waals surface area contributed by atoms with Crippen LogP contribution in [0.2, 0.25) is 0 Å². The molecule has 17 heavy (non-hydrogen) atoms. The largest absolute Gasteiger partial charge is 0.308 e. The Balaban J connectivity index is 1.54. The van der Waals surface area contributed by atoms with Crippen LogP contribution < -0.4 is 5.32 Å². The molecule has 3 nitrogen and oxygen atoms in total. The molecule has 4 unspecified atom stereocenters. The molecule has 0 radical (unpaired) electrons. The third kappa shape index (κ3) is 2.25. The zero-order valence-corrected chi connectivity index (χ0v) is 10.2. The minimum atomic E-state index is 0.567. The molecule has 4 atom stereocenters. The van der Waals surface area contributed by atoms with Crippen molar-refractivity contribution in [3.8, 4) is 0 Å². The topological polar surface area (TPSA) is 37.8 Å². The minimum absolute atomic E-state index is 0.567. The number of rotatable bonds is 4. The Bertz CT molecular complexity index is 401. The van der Waals surface area contributed by atoms with Gasteiger partial charge in [0, 0.05) is 18.8 Å². The van der Waals surface area contributed by atoms with Crippen LogP contribution in [0.5, 0.6) is 0 Å². The quantitative estimate of drug-likeness (QED) is 0.804. The Morgan fingerprint density at radius 2 is 2.35 bits per heavy atom. The maximum atomic E-state index is 4.10. The molecule has 1 aromatic rings. The molecule has 3 heteroatoms. The molecule has 2 aliphatic carbocycles. The average molecular weight is 229 g/mol. The number of aromatic nitrogens is 2. The van der Waals surface area contributed by atoms with E-state index in [1.807, 2.05) is 12.1 Å². The summed E-state index contributed by atoms with van der Waals surface area (Å²) < 4.78 is 0. The molecule has 0 spiro atoms. The first kappa shape index (κ1) is 10.9. The Kier molecular flexibility index (Phi) is 2.93. The molecular formula is C14H19N3. The van der Waals surface area contributed by atoms with Gasteiger partial charge in [0.1, 0.15) is 0 Å². The standard InChI is InChI=1S/C14H19N3/c1-10(14-8-11-4-5-12(14)7-11)15-9-13-3-2-6-16-17-13/h2-6,10-12,14-15H,7-9H2,1H3. The third-order valence-electron chi connectivity index (χ3n) is 4.21. The van der Waals surface area contributed by atoms with E-state index in [0.717, 1.165) is 30.0 Å². The highest BCUT2D eigenvalue weighted by Gasteiger charge is 2.38. The highest BCUT2D eigenvalue weighted by Crippen LogP contribution is 2.44. The molecule has 1 N–H and O–H groups in total. The van der Waals surface area contributed by atoms with Crippen molar-refractivity contribution in [2.75, 3.05) is 0 Å². The molecule has 0 amide bonds. The van der Waals surface area contributed by atoms with Gasteiger partial charge in [-0.15, -0.1) is 0 Å². The zero-order chi connectivity index (χ0) is 11.7. The van der Waals surface area contributed by atoms with E-state index < -0.39 is 0 Å². The number of nitrogens with one attached hydrogen (secondary N) is 1. The van der Waals surface area contributed by atoms with Crippen molar-refractivity contribution in [3.63, 3.8) is 0 Å². The molecule has 3 rings (SSSR count). The van der Waals surface area contributed by atoms with Crippen molar-refractivity contribution in [1.82, 2.24) is 15.5 Å². The number of allylic oxidation sites excluding steroid dienone is 2. The van der Waals surface area contributed by atoms with Gasteiger partial charge < -0.3 is 5.32 Å². The second-order valence-electron chi connectivity index (χ2n) is 5.33. The van der Waals surface area contributed by atoms with Crippen LogP contribution in [-0.4, -0.2) is 16.2 Å². The van der Waals surface area contributed by atoms with Crippen molar-refractivity contribution in [3.05, 3.63) is 36.2 Å². The number of hydrogen-bond donors (Lipinski definition) is 1. The van der Waals surface area contributed by atoms with Crippen molar-refractivity contribution in [2.24, 2.45) is 17.8 Å². The lowest BCUT2D eigenvalue weighted by atomic mass is 9.87. The predicted molar refractivity (Wildman–Crippen MR) is 67.2 cm³/mol. The molecule has 0 aliphatic heterocycles. The van der Waals surface area contributed by atoms with E-state index in [2.05, 4.69) is 34.6 Å². The molecule has 2 aliphatic rings. The lowest BCUT2D eigenvalue weighted by Gasteiger charge is -2.26. The van der Waals surface area contributed by atoms with E-state index in [1.165, 1.54) is 12.8 Å². The number of hydrogen-bond acceptors (Lipinski definition) is 3. The van der Waals surface area contributed by atoms with Gasteiger partial charge in [-0.25, -0.2) is 0 Å². The fourth-order valence-corrected chi connectivity index (χ4v) is 3.24. The van der Waals surface area contributed by atoms with E-state index in [0.29, 0.717) is 6.04 Å². The third-order valence-corrected chi connectivity index (χ3v) is 4.21. The molecule has 0 saturated heterocycles. The Morgan fingerprint density at radius 1 is 1.41 bits per heavy atom. The minimum Gasteiger partial charge on any atom is -0.308 e. The summed E-state index contributed by atoms with van der Waals surface area (Å²) in [4.78, 5) is 0. The summed E-state index contributed by atoms with van der Waals surface area (Å²) >= 11 is 0. The molecule has 1 fully saturated rings. The summed E-state index contributed by atoms with van der Waals surface area (Å²) in [6.07, 6.45) is 9.27.